The lowest BCUT2D eigenvalue weighted by atomic mass is 9.89. The van der Waals surface area contributed by atoms with Gasteiger partial charge < -0.3 is 4.57 Å². The summed E-state index contributed by atoms with van der Waals surface area (Å²) in [6.45, 7) is 4.50. The van der Waals surface area contributed by atoms with Crippen molar-refractivity contribution in [3.8, 4) is 16.8 Å². The van der Waals surface area contributed by atoms with Gasteiger partial charge in [0.25, 0.3) is 0 Å². The molecule has 3 nitrogen and oxygen atoms in total. The van der Waals surface area contributed by atoms with Gasteiger partial charge in [0, 0.05) is 33.9 Å². The number of aromatic nitrogens is 3. The van der Waals surface area contributed by atoms with Crippen LogP contribution in [-0.2, 0) is 6.42 Å². The van der Waals surface area contributed by atoms with Gasteiger partial charge in [-0.15, -0.1) is 0 Å². The molecule has 5 aromatic carbocycles. The Bertz CT molecular complexity index is 2440. The van der Waals surface area contributed by atoms with Crippen molar-refractivity contribution in [2.75, 3.05) is 0 Å². The zero-order chi connectivity index (χ0) is 27.9. The normalized spacial score (nSPS) is 12.8. The van der Waals surface area contributed by atoms with Gasteiger partial charge in [-0.05, 0) is 107 Å². The van der Waals surface area contributed by atoms with Crippen molar-refractivity contribution in [1.29, 1.82) is 0 Å². The highest BCUT2D eigenvalue weighted by Gasteiger charge is 2.22. The Labute approximate surface area is 243 Å². The van der Waals surface area contributed by atoms with E-state index in [1.807, 2.05) is 24.5 Å². The molecule has 0 saturated heterocycles. The van der Waals surface area contributed by atoms with Crippen molar-refractivity contribution in [3.63, 3.8) is 0 Å². The third-order valence-electron chi connectivity index (χ3n) is 9.04. The monoisotopic (exact) mass is 537 g/mol. The third kappa shape index (κ3) is 3.16. The van der Waals surface area contributed by atoms with Gasteiger partial charge in [0.05, 0.1) is 27.8 Å². The molecular weight excluding hydrogens is 510 g/mol. The van der Waals surface area contributed by atoms with Gasteiger partial charge in [0.2, 0.25) is 0 Å². The second kappa shape index (κ2) is 8.61. The molecule has 0 saturated carbocycles. The van der Waals surface area contributed by atoms with E-state index in [-0.39, 0.29) is 0 Å². The Morgan fingerprint density at radius 1 is 0.643 bits per heavy atom. The van der Waals surface area contributed by atoms with E-state index in [1.54, 1.807) is 0 Å². The molecule has 3 aromatic heterocycles. The fourth-order valence-electron chi connectivity index (χ4n) is 7.41. The van der Waals surface area contributed by atoms with Gasteiger partial charge >= 0.3 is 0 Å². The molecule has 9 rings (SSSR count). The Morgan fingerprint density at radius 2 is 1.40 bits per heavy atom. The van der Waals surface area contributed by atoms with Crippen LogP contribution in [-0.4, -0.2) is 14.5 Å². The average molecular weight is 538 g/mol. The highest BCUT2D eigenvalue weighted by atomic mass is 15.0. The maximum atomic E-state index is 4.75. The van der Waals surface area contributed by atoms with Crippen LogP contribution in [0.1, 0.15) is 22.3 Å². The van der Waals surface area contributed by atoms with Gasteiger partial charge in [0.15, 0.2) is 0 Å². The highest BCUT2D eigenvalue weighted by molar-refractivity contribution is 6.18. The Hall–Kier alpha value is -5.28. The first-order valence-corrected chi connectivity index (χ1v) is 14.6. The van der Waals surface area contributed by atoms with Crippen LogP contribution in [0.5, 0.6) is 0 Å². The Balaban J connectivity index is 1.35. The van der Waals surface area contributed by atoms with Gasteiger partial charge in [-0.25, -0.2) is 0 Å². The Kier molecular flexibility index (Phi) is 4.80. The molecule has 0 aliphatic heterocycles. The molecule has 1 aliphatic carbocycles. The van der Waals surface area contributed by atoms with E-state index in [9.17, 15) is 0 Å². The van der Waals surface area contributed by atoms with Crippen LogP contribution in [0.4, 0.5) is 0 Å². The fraction of sp³-hybridized carbons (Fsp3) is 0.0769. The fourth-order valence-corrected chi connectivity index (χ4v) is 7.41. The van der Waals surface area contributed by atoms with E-state index in [2.05, 4.69) is 114 Å². The van der Waals surface area contributed by atoms with Gasteiger partial charge in [0.1, 0.15) is 0 Å². The number of fused-ring (bicyclic) bond motifs is 7. The number of para-hydroxylation sites is 1. The molecule has 0 fully saturated rings. The lowest BCUT2D eigenvalue weighted by molar-refractivity contribution is 1.12. The van der Waals surface area contributed by atoms with Crippen LogP contribution in [0.15, 0.2) is 109 Å². The minimum Gasteiger partial charge on any atom is -0.309 e. The number of rotatable bonds is 2. The SMILES string of the molecule is Cc1cc(-c2cc3cccnc3c3ncccc23)cc(C)c1-n1c2ccccc2c2c3c4c(cccc4cc21)C=CC3. The first-order chi connectivity index (χ1) is 20.7. The summed E-state index contributed by atoms with van der Waals surface area (Å²) in [6, 6.07) is 33.2. The maximum Gasteiger partial charge on any atom is 0.0970 e. The molecule has 0 amide bonds. The van der Waals surface area contributed by atoms with Crippen LogP contribution in [0, 0.1) is 13.8 Å². The van der Waals surface area contributed by atoms with Gasteiger partial charge in [-0.1, -0.05) is 60.7 Å². The van der Waals surface area contributed by atoms with Crippen molar-refractivity contribution < 1.29 is 0 Å². The van der Waals surface area contributed by atoms with Crippen LogP contribution < -0.4 is 0 Å². The van der Waals surface area contributed by atoms with E-state index in [4.69, 9.17) is 4.98 Å². The molecule has 42 heavy (non-hydrogen) atoms. The number of nitrogens with zero attached hydrogens (tertiary/aromatic N) is 3. The molecule has 0 N–H and O–H groups in total. The van der Waals surface area contributed by atoms with Crippen molar-refractivity contribution >= 4 is 60.5 Å². The molecular formula is C39H27N3. The zero-order valence-corrected chi connectivity index (χ0v) is 23.5. The van der Waals surface area contributed by atoms with Crippen LogP contribution in [0.3, 0.4) is 0 Å². The number of pyridine rings is 2. The maximum absolute atomic E-state index is 4.75. The number of hydrogen-bond donors (Lipinski definition) is 0. The molecule has 0 bridgehead atoms. The topological polar surface area (TPSA) is 30.7 Å². The summed E-state index contributed by atoms with van der Waals surface area (Å²) in [4.78, 5) is 9.41. The second-order valence-corrected chi connectivity index (χ2v) is 11.5. The van der Waals surface area contributed by atoms with Crippen molar-refractivity contribution in [3.05, 3.63) is 132 Å². The lowest BCUT2D eigenvalue weighted by Gasteiger charge is -2.19. The molecule has 1 aliphatic rings. The lowest BCUT2D eigenvalue weighted by Crippen LogP contribution is -2.02. The van der Waals surface area contributed by atoms with E-state index in [0.717, 1.165) is 28.2 Å². The third-order valence-corrected chi connectivity index (χ3v) is 9.04. The Morgan fingerprint density at radius 3 is 2.29 bits per heavy atom. The quantitative estimate of drug-likeness (QED) is 0.205. The smallest absolute Gasteiger partial charge is 0.0970 e. The summed E-state index contributed by atoms with van der Waals surface area (Å²) < 4.78 is 2.50. The first kappa shape index (κ1) is 23.4. The molecule has 3 heterocycles. The summed E-state index contributed by atoms with van der Waals surface area (Å²) in [7, 11) is 0. The summed E-state index contributed by atoms with van der Waals surface area (Å²) in [5.74, 6) is 0. The molecule has 8 aromatic rings. The van der Waals surface area contributed by atoms with Crippen molar-refractivity contribution in [2.45, 2.75) is 20.3 Å². The summed E-state index contributed by atoms with van der Waals surface area (Å²) in [6.07, 6.45) is 9.24. The minimum atomic E-state index is 0.946. The molecule has 198 valence electrons. The standard InChI is InChI=1S/C39H27N3/c1-23-19-28(32-21-27-12-7-17-40-37(27)38-29(32)15-8-18-41-38)20-24(2)39(23)42-33-16-4-3-13-30(33)36-31-14-6-10-25-9-5-11-26(35(25)31)22-34(36)42/h3-13,15-22H,14H2,1-2H3. The summed E-state index contributed by atoms with van der Waals surface area (Å²) >= 11 is 0. The predicted octanol–water partition coefficient (Wildman–Crippen LogP) is 9.89. The van der Waals surface area contributed by atoms with E-state index >= 15 is 0 Å². The van der Waals surface area contributed by atoms with Gasteiger partial charge in [-0.3, -0.25) is 9.97 Å². The molecule has 3 heteroatoms. The summed E-state index contributed by atoms with van der Waals surface area (Å²) in [5.41, 5.74) is 13.3. The number of allylic oxidation sites excluding steroid dienone is 1. The molecule has 0 radical (unpaired) electrons. The first-order valence-electron chi connectivity index (χ1n) is 14.6. The van der Waals surface area contributed by atoms with E-state index in [1.165, 1.54) is 71.6 Å². The van der Waals surface area contributed by atoms with Gasteiger partial charge in [-0.2, -0.15) is 0 Å². The van der Waals surface area contributed by atoms with Crippen LogP contribution in [0.25, 0.3) is 77.3 Å². The molecule has 0 atom stereocenters. The number of aryl methyl sites for hydroxylation is 2. The zero-order valence-electron chi connectivity index (χ0n) is 23.5. The highest BCUT2D eigenvalue weighted by Crippen LogP contribution is 2.43. The van der Waals surface area contributed by atoms with Crippen LogP contribution >= 0.6 is 0 Å². The second-order valence-electron chi connectivity index (χ2n) is 11.5. The minimum absolute atomic E-state index is 0.946. The number of hydrogen-bond acceptors (Lipinski definition) is 2. The predicted molar refractivity (Wildman–Crippen MR) is 177 cm³/mol. The van der Waals surface area contributed by atoms with Crippen LogP contribution in [0.2, 0.25) is 0 Å². The summed E-state index contributed by atoms with van der Waals surface area (Å²) in [5, 5.41) is 7.62. The molecule has 0 unspecified atom stereocenters. The molecule has 0 spiro atoms. The van der Waals surface area contributed by atoms with E-state index < -0.39 is 0 Å². The number of benzene rings is 5. The average Bonchev–Trinajstić information content (AvgIpc) is 3.34. The van der Waals surface area contributed by atoms with Crippen molar-refractivity contribution in [2.24, 2.45) is 0 Å². The van der Waals surface area contributed by atoms with Crippen molar-refractivity contribution in [1.82, 2.24) is 14.5 Å². The van der Waals surface area contributed by atoms with E-state index in [0.29, 0.717) is 0 Å². The largest absolute Gasteiger partial charge is 0.309 e.